The van der Waals surface area contributed by atoms with Gasteiger partial charge in [0.05, 0.1) is 11.9 Å². The summed E-state index contributed by atoms with van der Waals surface area (Å²) >= 11 is 0. The molecule has 0 bridgehead atoms. The molecule has 1 saturated carbocycles. The Hall–Kier alpha value is -1.65. The van der Waals surface area contributed by atoms with Crippen LogP contribution in [0.5, 0.6) is 0 Å². The van der Waals surface area contributed by atoms with Gasteiger partial charge in [-0.3, -0.25) is 4.79 Å². The summed E-state index contributed by atoms with van der Waals surface area (Å²) in [6.07, 6.45) is 7.82. The van der Waals surface area contributed by atoms with Gasteiger partial charge in [-0.2, -0.15) is 0 Å². The van der Waals surface area contributed by atoms with Crippen molar-refractivity contribution in [3.8, 4) is 0 Å². The third kappa shape index (κ3) is 3.68. The second kappa shape index (κ2) is 6.68. The summed E-state index contributed by atoms with van der Waals surface area (Å²) in [5.41, 5.74) is 6.44. The molecule has 1 fully saturated rings. The summed E-state index contributed by atoms with van der Waals surface area (Å²) in [6, 6.07) is 0. The van der Waals surface area contributed by atoms with Crippen LogP contribution in [0.4, 0.5) is 5.69 Å². The molecule has 1 aromatic heterocycles. The molecule has 0 spiro atoms. The molecular weight excluding hydrogens is 252 g/mol. The SMILES string of the molecule is CC(C)c1ncc(N)c(C(=O)NCCC2CCCC2)n1. The molecule has 5 nitrogen and oxygen atoms in total. The zero-order valence-corrected chi connectivity index (χ0v) is 12.4. The van der Waals surface area contributed by atoms with Crippen LogP contribution in [-0.4, -0.2) is 22.4 Å². The molecule has 1 aromatic rings. The van der Waals surface area contributed by atoms with E-state index in [0.29, 0.717) is 23.8 Å². The van der Waals surface area contributed by atoms with Gasteiger partial charge in [0.1, 0.15) is 5.82 Å². The summed E-state index contributed by atoms with van der Waals surface area (Å²) in [5, 5.41) is 2.92. The van der Waals surface area contributed by atoms with E-state index in [1.807, 2.05) is 13.8 Å². The van der Waals surface area contributed by atoms with E-state index in [4.69, 9.17) is 5.73 Å². The number of nitrogens with one attached hydrogen (secondary N) is 1. The lowest BCUT2D eigenvalue weighted by molar-refractivity contribution is 0.0947. The molecule has 0 unspecified atom stereocenters. The lowest BCUT2D eigenvalue weighted by Crippen LogP contribution is -2.28. The van der Waals surface area contributed by atoms with Crippen LogP contribution in [0.25, 0.3) is 0 Å². The van der Waals surface area contributed by atoms with Gasteiger partial charge >= 0.3 is 0 Å². The lowest BCUT2D eigenvalue weighted by Gasteiger charge is -2.11. The number of hydrogen-bond acceptors (Lipinski definition) is 4. The first-order valence-corrected chi connectivity index (χ1v) is 7.48. The van der Waals surface area contributed by atoms with E-state index in [2.05, 4.69) is 15.3 Å². The molecule has 5 heteroatoms. The third-order valence-corrected chi connectivity index (χ3v) is 3.88. The quantitative estimate of drug-likeness (QED) is 0.865. The fourth-order valence-electron chi connectivity index (χ4n) is 2.64. The summed E-state index contributed by atoms with van der Waals surface area (Å²) in [5.74, 6) is 1.41. The van der Waals surface area contributed by atoms with E-state index in [1.165, 1.54) is 31.9 Å². The molecule has 2 rings (SSSR count). The molecule has 110 valence electrons. The van der Waals surface area contributed by atoms with Crippen molar-refractivity contribution in [2.24, 2.45) is 5.92 Å². The monoisotopic (exact) mass is 276 g/mol. The molecule has 0 radical (unpaired) electrons. The van der Waals surface area contributed by atoms with Crippen LogP contribution in [0.1, 0.15) is 68.2 Å². The smallest absolute Gasteiger partial charge is 0.272 e. The van der Waals surface area contributed by atoms with Crippen molar-refractivity contribution in [1.82, 2.24) is 15.3 Å². The van der Waals surface area contributed by atoms with Crippen molar-refractivity contribution in [2.45, 2.75) is 51.9 Å². The Labute approximate surface area is 120 Å². The molecule has 1 amide bonds. The van der Waals surface area contributed by atoms with Gasteiger partial charge in [-0.25, -0.2) is 9.97 Å². The number of anilines is 1. The highest BCUT2D eigenvalue weighted by atomic mass is 16.1. The predicted octanol–water partition coefficient (Wildman–Crippen LogP) is 2.49. The van der Waals surface area contributed by atoms with E-state index in [1.54, 1.807) is 0 Å². The van der Waals surface area contributed by atoms with Gasteiger partial charge in [-0.05, 0) is 12.3 Å². The van der Waals surface area contributed by atoms with Gasteiger partial charge in [-0.15, -0.1) is 0 Å². The maximum absolute atomic E-state index is 12.1. The minimum atomic E-state index is -0.190. The number of carbonyl (C=O) groups is 1. The first-order chi connectivity index (χ1) is 9.58. The highest BCUT2D eigenvalue weighted by Crippen LogP contribution is 2.26. The highest BCUT2D eigenvalue weighted by molar-refractivity contribution is 5.96. The van der Waals surface area contributed by atoms with Crippen molar-refractivity contribution in [1.29, 1.82) is 0 Å². The van der Waals surface area contributed by atoms with Crippen LogP contribution in [0.3, 0.4) is 0 Å². The molecule has 1 heterocycles. The zero-order valence-electron chi connectivity index (χ0n) is 12.4. The Morgan fingerprint density at radius 2 is 2.15 bits per heavy atom. The van der Waals surface area contributed by atoms with Crippen LogP contribution in [0.2, 0.25) is 0 Å². The van der Waals surface area contributed by atoms with E-state index in [0.717, 1.165) is 12.3 Å². The third-order valence-electron chi connectivity index (χ3n) is 3.88. The number of carbonyl (C=O) groups excluding carboxylic acids is 1. The number of amides is 1. The summed E-state index contributed by atoms with van der Waals surface area (Å²) in [4.78, 5) is 20.6. The molecule has 3 N–H and O–H groups in total. The average molecular weight is 276 g/mol. The van der Waals surface area contributed by atoms with Crippen molar-refractivity contribution in [3.63, 3.8) is 0 Å². The predicted molar refractivity (Wildman–Crippen MR) is 79.4 cm³/mol. The summed E-state index contributed by atoms with van der Waals surface area (Å²) in [7, 11) is 0. The van der Waals surface area contributed by atoms with Gasteiger partial charge in [0.15, 0.2) is 5.69 Å². The number of hydrogen-bond donors (Lipinski definition) is 2. The van der Waals surface area contributed by atoms with E-state index in [9.17, 15) is 4.79 Å². The zero-order chi connectivity index (χ0) is 14.5. The topological polar surface area (TPSA) is 80.9 Å². The maximum atomic E-state index is 12.1. The number of nitrogen functional groups attached to an aromatic ring is 1. The molecule has 0 aromatic carbocycles. The minimum absolute atomic E-state index is 0.181. The summed E-state index contributed by atoms with van der Waals surface area (Å²) in [6.45, 7) is 4.69. The van der Waals surface area contributed by atoms with Crippen LogP contribution < -0.4 is 11.1 Å². The number of nitrogens with zero attached hydrogens (tertiary/aromatic N) is 2. The van der Waals surface area contributed by atoms with Gasteiger partial charge < -0.3 is 11.1 Å². The molecule has 0 atom stereocenters. The standard InChI is InChI=1S/C15H24N4O/c1-10(2)14-18-9-12(16)13(19-14)15(20)17-8-7-11-5-3-4-6-11/h9-11H,3-8,16H2,1-2H3,(H,17,20). The second-order valence-electron chi connectivity index (χ2n) is 5.88. The Morgan fingerprint density at radius 3 is 2.80 bits per heavy atom. The average Bonchev–Trinajstić information content (AvgIpc) is 2.92. The largest absolute Gasteiger partial charge is 0.396 e. The number of aromatic nitrogens is 2. The van der Waals surface area contributed by atoms with Gasteiger partial charge in [0.25, 0.3) is 5.91 Å². The van der Waals surface area contributed by atoms with E-state index < -0.39 is 0 Å². The molecule has 1 aliphatic carbocycles. The van der Waals surface area contributed by atoms with E-state index in [-0.39, 0.29) is 11.8 Å². The molecule has 0 saturated heterocycles. The van der Waals surface area contributed by atoms with Crippen molar-refractivity contribution >= 4 is 11.6 Å². The first kappa shape index (κ1) is 14.8. The second-order valence-corrected chi connectivity index (χ2v) is 5.88. The number of rotatable bonds is 5. The van der Waals surface area contributed by atoms with Gasteiger partial charge in [0.2, 0.25) is 0 Å². The maximum Gasteiger partial charge on any atom is 0.272 e. The van der Waals surface area contributed by atoms with Gasteiger partial charge in [0, 0.05) is 12.5 Å². The van der Waals surface area contributed by atoms with Crippen LogP contribution in [-0.2, 0) is 0 Å². The Bertz CT molecular complexity index is 467. The van der Waals surface area contributed by atoms with Crippen molar-refractivity contribution in [3.05, 3.63) is 17.7 Å². The molecule has 20 heavy (non-hydrogen) atoms. The lowest BCUT2D eigenvalue weighted by atomic mass is 10.0. The van der Waals surface area contributed by atoms with Crippen molar-refractivity contribution in [2.75, 3.05) is 12.3 Å². The summed E-state index contributed by atoms with van der Waals surface area (Å²) < 4.78 is 0. The highest BCUT2D eigenvalue weighted by Gasteiger charge is 2.17. The van der Waals surface area contributed by atoms with Crippen LogP contribution in [0, 0.1) is 5.92 Å². The fraction of sp³-hybridized carbons (Fsp3) is 0.667. The molecule has 1 aliphatic rings. The normalized spacial score (nSPS) is 15.8. The Kier molecular flexibility index (Phi) is 4.93. The minimum Gasteiger partial charge on any atom is -0.396 e. The van der Waals surface area contributed by atoms with Crippen LogP contribution in [0.15, 0.2) is 6.20 Å². The molecular formula is C15H24N4O. The fourth-order valence-corrected chi connectivity index (χ4v) is 2.64. The van der Waals surface area contributed by atoms with E-state index >= 15 is 0 Å². The Morgan fingerprint density at radius 1 is 1.45 bits per heavy atom. The van der Waals surface area contributed by atoms with Crippen molar-refractivity contribution < 1.29 is 4.79 Å². The molecule has 0 aliphatic heterocycles. The number of nitrogens with two attached hydrogens (primary N) is 1. The Balaban J connectivity index is 1.92. The first-order valence-electron chi connectivity index (χ1n) is 7.48. The van der Waals surface area contributed by atoms with Gasteiger partial charge in [-0.1, -0.05) is 39.5 Å². The van der Waals surface area contributed by atoms with Crippen LogP contribution >= 0.6 is 0 Å².